The fourth-order valence-corrected chi connectivity index (χ4v) is 6.88. The monoisotopic (exact) mass is 512 g/mol. The van der Waals surface area contributed by atoms with Crippen LogP contribution < -0.4 is 16.4 Å². The summed E-state index contributed by atoms with van der Waals surface area (Å²) in [5.74, 6) is -10.3. The number of nitrogens with one attached hydrogen (secondary N) is 2. The van der Waals surface area contributed by atoms with Crippen LogP contribution in [0.2, 0.25) is 0 Å². The largest absolute Gasteiger partial charge is 0.505 e. The van der Waals surface area contributed by atoms with Crippen molar-refractivity contribution < 1.29 is 34.2 Å². The molecule has 3 fully saturated rings. The molecule has 11 nitrogen and oxygen atoms in total. The number of piperidine rings is 1. The molecule has 5 rings (SSSR count). The van der Waals surface area contributed by atoms with Gasteiger partial charge in [0.1, 0.15) is 5.75 Å². The Labute approximate surface area is 213 Å². The molecule has 3 aliphatic carbocycles. The number of rotatable bonds is 4. The van der Waals surface area contributed by atoms with Gasteiger partial charge in [0.25, 0.3) is 0 Å². The van der Waals surface area contributed by atoms with E-state index in [0.717, 1.165) is 25.9 Å². The number of aromatic hydroxyl groups is 1. The number of Topliss-reactive ketones (excluding diaryl/α,β-unsaturated/α-hetero) is 4. The van der Waals surface area contributed by atoms with Crippen molar-refractivity contribution in [2.45, 2.75) is 43.4 Å². The minimum Gasteiger partial charge on any atom is -0.505 e. The Bertz CT molecular complexity index is 1210. The Hall–Kier alpha value is -3.15. The van der Waals surface area contributed by atoms with Crippen LogP contribution in [0.25, 0.3) is 0 Å². The van der Waals surface area contributed by atoms with Crippen LogP contribution in [-0.2, 0) is 25.6 Å². The molecule has 6 unspecified atom stereocenters. The van der Waals surface area contributed by atoms with Crippen molar-refractivity contribution >= 4 is 34.7 Å². The van der Waals surface area contributed by atoms with Gasteiger partial charge in [-0.3, -0.25) is 28.9 Å². The number of carbonyl (C=O) groups is 5. The predicted octanol–water partition coefficient (Wildman–Crippen LogP) is -0.969. The van der Waals surface area contributed by atoms with Gasteiger partial charge < -0.3 is 26.6 Å². The number of primary amides is 1. The molecule has 0 spiro atoms. The minimum absolute atomic E-state index is 0.00512. The van der Waals surface area contributed by atoms with Crippen LogP contribution in [0.5, 0.6) is 5.75 Å². The molecule has 2 saturated carbocycles. The highest BCUT2D eigenvalue weighted by atomic mass is 16.3. The van der Waals surface area contributed by atoms with Gasteiger partial charge in [-0.05, 0) is 70.4 Å². The van der Waals surface area contributed by atoms with E-state index in [1.54, 1.807) is 26.2 Å². The second-order valence-electron chi connectivity index (χ2n) is 11.0. The maximum atomic E-state index is 13.8. The van der Waals surface area contributed by atoms with Gasteiger partial charge in [-0.1, -0.05) is 6.07 Å². The van der Waals surface area contributed by atoms with Crippen LogP contribution in [0.3, 0.4) is 0 Å². The van der Waals surface area contributed by atoms with Crippen molar-refractivity contribution in [2.24, 2.45) is 29.4 Å². The van der Waals surface area contributed by atoms with Crippen LogP contribution >= 0.6 is 0 Å². The normalized spacial score (nSPS) is 34.1. The summed E-state index contributed by atoms with van der Waals surface area (Å²) in [6.45, 7) is 1.66. The van der Waals surface area contributed by atoms with Gasteiger partial charge in [0.05, 0.1) is 23.2 Å². The number of nitrogens with zero attached hydrogens (tertiary/aromatic N) is 1. The summed E-state index contributed by atoms with van der Waals surface area (Å²) in [5.41, 5.74) is 3.59. The Morgan fingerprint density at radius 3 is 2.43 bits per heavy atom. The van der Waals surface area contributed by atoms with Crippen molar-refractivity contribution in [3.8, 4) is 5.75 Å². The quantitative estimate of drug-likeness (QED) is 0.249. The number of aliphatic hydroxyl groups is 1. The first-order valence-electron chi connectivity index (χ1n) is 12.6. The summed E-state index contributed by atoms with van der Waals surface area (Å²) < 4.78 is 0. The first-order chi connectivity index (χ1) is 17.5. The lowest BCUT2D eigenvalue weighted by Gasteiger charge is -2.52. The van der Waals surface area contributed by atoms with Crippen LogP contribution in [0, 0.1) is 23.7 Å². The molecule has 0 aromatic heterocycles. The number of fused-ring (bicyclic) bond motifs is 3. The Balaban J connectivity index is 1.54. The highest BCUT2D eigenvalue weighted by Gasteiger charge is 2.69. The highest BCUT2D eigenvalue weighted by Crippen LogP contribution is 2.51. The summed E-state index contributed by atoms with van der Waals surface area (Å²) in [6.07, 6.45) is 1.99. The van der Waals surface area contributed by atoms with Crippen molar-refractivity contribution in [3.05, 3.63) is 23.3 Å². The molecular weight excluding hydrogens is 480 g/mol. The number of ketones is 4. The fraction of sp³-hybridized carbons (Fsp3) is 0.577. The molecule has 0 radical (unpaired) electrons. The third kappa shape index (κ3) is 3.71. The van der Waals surface area contributed by atoms with Crippen LogP contribution in [0.15, 0.2) is 12.1 Å². The zero-order chi connectivity index (χ0) is 26.8. The van der Waals surface area contributed by atoms with Gasteiger partial charge in [0.15, 0.2) is 34.7 Å². The Morgan fingerprint density at radius 2 is 1.81 bits per heavy atom. The van der Waals surface area contributed by atoms with E-state index in [0.29, 0.717) is 11.3 Å². The summed E-state index contributed by atoms with van der Waals surface area (Å²) in [6, 6.07) is 2.48. The lowest BCUT2D eigenvalue weighted by atomic mass is 9.52. The molecule has 1 aliphatic heterocycles. The van der Waals surface area contributed by atoms with E-state index in [1.165, 1.54) is 4.90 Å². The van der Waals surface area contributed by atoms with Crippen molar-refractivity contribution in [1.82, 2.24) is 10.2 Å². The molecular formula is C26H32N4O7. The highest BCUT2D eigenvalue weighted by molar-refractivity contribution is 6.32. The molecule has 6 atom stereocenters. The minimum atomic E-state index is -2.71. The maximum absolute atomic E-state index is 13.8. The lowest BCUT2D eigenvalue weighted by molar-refractivity contribution is -0.181. The molecule has 6 N–H and O–H groups in total. The zero-order valence-corrected chi connectivity index (χ0v) is 20.8. The molecule has 4 aliphatic rings. The number of likely N-dealkylation sites (N-methyl/N-ethyl adjacent to an activating group) is 1. The Kier molecular flexibility index (Phi) is 6.20. The molecule has 11 heteroatoms. The van der Waals surface area contributed by atoms with Gasteiger partial charge in [-0.25, -0.2) is 0 Å². The number of nitrogens with two attached hydrogens (primary N) is 1. The summed E-state index contributed by atoms with van der Waals surface area (Å²) >= 11 is 0. The van der Waals surface area contributed by atoms with E-state index >= 15 is 0 Å². The first-order valence-corrected chi connectivity index (χ1v) is 12.6. The van der Waals surface area contributed by atoms with Crippen LogP contribution in [-0.4, -0.2) is 89.0 Å². The third-order valence-corrected chi connectivity index (χ3v) is 8.63. The topological polar surface area (TPSA) is 179 Å². The standard InChI is InChI=1S/C26H32N4O7/c1-30(2)19-14-10-12-9-11-3-4-15(29-13-5-7-28-8-6-13)20(31)16(11)21(32)17(12)23(34)26(14,37)24(35)18(22(19)33)25(27)36/h3-4,12-14,17-19,28-29,31,37H,5-10H2,1-2H3,(H2,27,36). The molecule has 1 aromatic carbocycles. The number of phenols is 1. The SMILES string of the molecule is CN(C)C1C(=O)C(C(N)=O)C(=O)C2(O)C(=O)C3C(=O)c4c(ccc(NC5CCNCC5)c4O)CC3CC12. The van der Waals surface area contributed by atoms with Crippen LogP contribution in [0.4, 0.5) is 5.69 Å². The fourth-order valence-electron chi connectivity index (χ4n) is 6.88. The van der Waals surface area contributed by atoms with E-state index in [2.05, 4.69) is 10.6 Å². The van der Waals surface area contributed by atoms with Crippen molar-refractivity contribution in [2.75, 3.05) is 32.5 Å². The molecule has 1 aromatic rings. The second-order valence-corrected chi connectivity index (χ2v) is 11.0. The van der Waals surface area contributed by atoms with Crippen molar-refractivity contribution in [1.29, 1.82) is 0 Å². The smallest absolute Gasteiger partial charge is 0.235 e. The van der Waals surface area contributed by atoms with Gasteiger partial charge in [0.2, 0.25) is 5.91 Å². The Morgan fingerprint density at radius 1 is 1.14 bits per heavy atom. The van der Waals surface area contributed by atoms with Crippen LogP contribution in [0.1, 0.15) is 35.2 Å². The number of anilines is 1. The predicted molar refractivity (Wildman–Crippen MR) is 131 cm³/mol. The van der Waals surface area contributed by atoms with E-state index < -0.39 is 64.4 Å². The average Bonchev–Trinajstić information content (AvgIpc) is 2.83. The van der Waals surface area contributed by atoms with Gasteiger partial charge in [0, 0.05) is 12.0 Å². The number of hydrogen-bond acceptors (Lipinski definition) is 10. The lowest BCUT2D eigenvalue weighted by Crippen LogP contribution is -2.74. The van der Waals surface area contributed by atoms with E-state index in [4.69, 9.17) is 5.73 Å². The molecule has 1 heterocycles. The third-order valence-electron chi connectivity index (χ3n) is 8.63. The molecule has 198 valence electrons. The summed E-state index contributed by atoms with van der Waals surface area (Å²) in [5, 5.41) is 29.2. The number of carbonyl (C=O) groups excluding carboxylic acids is 5. The molecule has 0 bridgehead atoms. The van der Waals surface area contributed by atoms with Gasteiger partial charge in [-0.2, -0.15) is 0 Å². The molecule has 1 amide bonds. The van der Waals surface area contributed by atoms with Gasteiger partial charge >= 0.3 is 0 Å². The van der Waals surface area contributed by atoms with E-state index in [9.17, 15) is 34.2 Å². The van der Waals surface area contributed by atoms with E-state index in [-0.39, 0.29) is 30.2 Å². The number of benzene rings is 1. The summed E-state index contributed by atoms with van der Waals surface area (Å²) in [4.78, 5) is 67.5. The first kappa shape index (κ1) is 25.5. The average molecular weight is 513 g/mol. The molecule has 1 saturated heterocycles. The molecule has 37 heavy (non-hydrogen) atoms. The van der Waals surface area contributed by atoms with Gasteiger partial charge in [-0.15, -0.1) is 0 Å². The van der Waals surface area contributed by atoms with E-state index in [1.807, 2.05) is 0 Å². The zero-order valence-electron chi connectivity index (χ0n) is 20.8. The van der Waals surface area contributed by atoms with Crippen molar-refractivity contribution in [3.63, 3.8) is 0 Å². The number of phenolic OH excluding ortho intramolecular Hbond substituents is 1. The maximum Gasteiger partial charge on any atom is 0.235 e. The second kappa shape index (κ2) is 9.00. The number of amides is 1. The number of hydrogen-bond donors (Lipinski definition) is 5. The summed E-state index contributed by atoms with van der Waals surface area (Å²) in [7, 11) is 3.12.